The number of hydrogen-bond acceptors (Lipinski definition) is 7. The first-order chi connectivity index (χ1) is 18.9. The van der Waals surface area contributed by atoms with Crippen LogP contribution in [0.15, 0.2) is 87.1 Å². The zero-order chi connectivity index (χ0) is 28.9. The Morgan fingerprint density at radius 3 is 2.12 bits per heavy atom. The Morgan fingerprint density at radius 1 is 1.02 bits per heavy atom. The van der Waals surface area contributed by atoms with E-state index in [1.54, 1.807) is 20.8 Å². The lowest BCUT2D eigenvalue weighted by molar-refractivity contribution is -0.127. The number of aryl methyl sites for hydroxylation is 1. The SMILES string of the molecule is Cc1c(-c2ncco2)sc2[nH]c(=O)n(C(C)(C)C(=O)CC(C)(C)[Si](O)(c3ccccc3)c3ccccc3)c(=O)c12. The summed E-state index contributed by atoms with van der Waals surface area (Å²) >= 11 is 1.21. The first-order valence-corrected chi connectivity index (χ1v) is 15.7. The van der Waals surface area contributed by atoms with Crippen LogP contribution in [0.1, 0.15) is 39.7 Å². The van der Waals surface area contributed by atoms with Gasteiger partial charge in [0.25, 0.3) is 13.9 Å². The molecule has 206 valence electrons. The first kappa shape index (κ1) is 27.7. The molecule has 2 N–H and O–H groups in total. The van der Waals surface area contributed by atoms with Crippen molar-refractivity contribution >= 4 is 46.0 Å². The van der Waals surface area contributed by atoms with Gasteiger partial charge in [-0.3, -0.25) is 14.6 Å². The van der Waals surface area contributed by atoms with E-state index < -0.39 is 30.1 Å². The second kappa shape index (κ2) is 9.95. The molecule has 0 fully saturated rings. The van der Waals surface area contributed by atoms with E-state index in [0.717, 1.165) is 14.9 Å². The highest BCUT2D eigenvalue weighted by atomic mass is 32.1. The van der Waals surface area contributed by atoms with E-state index in [1.165, 1.54) is 23.8 Å². The standard InChI is InChI=1S/C30H31N3O5SSi/c1-19-23-26(39-24(19)25-31-16-17-38-25)32-28(36)33(27(23)35)30(4,5)22(34)18-29(2,3)40(37,20-12-8-6-9-13-20)21-14-10-7-11-15-21/h6-17,37H,18H2,1-5H3,(H,32,36). The van der Waals surface area contributed by atoms with E-state index in [9.17, 15) is 19.2 Å². The fourth-order valence-electron chi connectivity index (χ4n) is 5.44. The van der Waals surface area contributed by atoms with Crippen LogP contribution >= 0.6 is 11.3 Å². The summed E-state index contributed by atoms with van der Waals surface area (Å²) in [4.78, 5) is 61.7. The van der Waals surface area contributed by atoms with Crippen LogP contribution in [-0.4, -0.2) is 33.4 Å². The number of nitrogens with zero attached hydrogens (tertiary/aromatic N) is 2. The van der Waals surface area contributed by atoms with Gasteiger partial charge in [0, 0.05) is 6.42 Å². The summed E-state index contributed by atoms with van der Waals surface area (Å²) in [6, 6.07) is 18.9. The van der Waals surface area contributed by atoms with Gasteiger partial charge in [0.15, 0.2) is 5.78 Å². The number of ketones is 1. The molecule has 0 aliphatic rings. The molecule has 0 amide bonds. The van der Waals surface area contributed by atoms with Gasteiger partial charge in [0.1, 0.15) is 16.6 Å². The van der Waals surface area contributed by atoms with Crippen molar-refractivity contribution in [1.82, 2.24) is 14.5 Å². The maximum absolute atomic E-state index is 14.1. The highest BCUT2D eigenvalue weighted by Crippen LogP contribution is 2.41. The number of hydrogen-bond donors (Lipinski definition) is 2. The van der Waals surface area contributed by atoms with Crippen LogP contribution in [0, 0.1) is 6.92 Å². The number of rotatable bonds is 8. The quantitative estimate of drug-likeness (QED) is 0.272. The first-order valence-electron chi connectivity index (χ1n) is 12.9. The lowest BCUT2D eigenvalue weighted by Crippen LogP contribution is -2.66. The van der Waals surface area contributed by atoms with E-state index in [4.69, 9.17) is 4.42 Å². The number of carbonyl (C=O) groups is 1. The number of fused-ring (bicyclic) bond motifs is 1. The van der Waals surface area contributed by atoms with Crippen molar-refractivity contribution in [2.45, 2.75) is 51.6 Å². The third-order valence-corrected chi connectivity index (χ3v) is 13.5. The Balaban J connectivity index is 1.59. The topological polar surface area (TPSA) is 118 Å². The third kappa shape index (κ3) is 4.32. The maximum atomic E-state index is 14.1. The monoisotopic (exact) mass is 573 g/mol. The largest absolute Gasteiger partial charge is 0.444 e. The Labute approximate surface area is 236 Å². The summed E-state index contributed by atoms with van der Waals surface area (Å²) < 4.78 is 6.42. The van der Waals surface area contributed by atoms with Crippen LogP contribution in [0.25, 0.3) is 21.0 Å². The molecule has 3 heterocycles. The maximum Gasteiger partial charge on any atom is 0.330 e. The van der Waals surface area contributed by atoms with Gasteiger partial charge in [-0.05, 0) is 41.7 Å². The molecule has 0 unspecified atom stereocenters. The fraction of sp³-hybridized carbons (Fsp3) is 0.267. The van der Waals surface area contributed by atoms with E-state index in [-0.39, 0.29) is 12.2 Å². The molecule has 5 rings (SSSR count). The molecular weight excluding hydrogens is 542 g/mol. The number of nitrogens with one attached hydrogen (secondary N) is 1. The number of thiophene rings is 1. The molecule has 0 aliphatic carbocycles. The lowest BCUT2D eigenvalue weighted by Gasteiger charge is -2.42. The number of benzene rings is 2. The van der Waals surface area contributed by atoms with Gasteiger partial charge in [0.05, 0.1) is 16.5 Å². The molecule has 0 saturated carbocycles. The molecule has 5 aromatic rings. The predicted molar refractivity (Wildman–Crippen MR) is 160 cm³/mol. The minimum atomic E-state index is -3.49. The Bertz CT molecular complexity index is 1760. The highest BCUT2D eigenvalue weighted by Gasteiger charge is 2.52. The van der Waals surface area contributed by atoms with Crippen LogP contribution in [0.4, 0.5) is 0 Å². The molecular formula is C30H31N3O5SSi. The average Bonchev–Trinajstić information content (AvgIpc) is 3.56. The number of carbonyl (C=O) groups excluding carboxylic acids is 1. The van der Waals surface area contributed by atoms with Crippen LogP contribution in [-0.2, 0) is 10.3 Å². The van der Waals surface area contributed by atoms with Crippen molar-refractivity contribution in [2.24, 2.45) is 0 Å². The number of oxazole rings is 1. The molecule has 3 aromatic heterocycles. The lowest BCUT2D eigenvalue weighted by atomic mass is 9.91. The molecule has 0 bridgehead atoms. The van der Waals surface area contributed by atoms with Crippen molar-refractivity contribution in [3.63, 3.8) is 0 Å². The Morgan fingerprint density at radius 2 is 1.60 bits per heavy atom. The van der Waals surface area contributed by atoms with Gasteiger partial charge in [-0.15, -0.1) is 11.3 Å². The van der Waals surface area contributed by atoms with Gasteiger partial charge >= 0.3 is 5.69 Å². The predicted octanol–water partition coefficient (Wildman–Crippen LogP) is 3.94. The molecule has 0 radical (unpaired) electrons. The van der Waals surface area contributed by atoms with Gasteiger partial charge < -0.3 is 9.21 Å². The van der Waals surface area contributed by atoms with Crippen molar-refractivity contribution < 1.29 is 14.0 Å². The molecule has 2 aromatic carbocycles. The fourth-order valence-corrected chi connectivity index (χ4v) is 10.2. The molecule has 0 spiro atoms. The highest BCUT2D eigenvalue weighted by molar-refractivity contribution is 7.22. The molecule has 8 nitrogen and oxygen atoms in total. The average molecular weight is 574 g/mol. The van der Waals surface area contributed by atoms with Crippen LogP contribution in [0.3, 0.4) is 0 Å². The number of H-pyrrole nitrogens is 1. The Hall–Kier alpha value is -3.86. The van der Waals surface area contributed by atoms with Crippen molar-refractivity contribution in [2.75, 3.05) is 0 Å². The van der Waals surface area contributed by atoms with E-state index in [0.29, 0.717) is 26.5 Å². The second-order valence-electron chi connectivity index (χ2n) is 11.2. The van der Waals surface area contributed by atoms with Crippen molar-refractivity contribution in [3.05, 3.63) is 99.5 Å². The van der Waals surface area contributed by atoms with E-state index in [1.807, 2.05) is 74.5 Å². The normalized spacial score (nSPS) is 12.7. The zero-order valence-corrected chi connectivity index (χ0v) is 24.8. The van der Waals surface area contributed by atoms with Crippen molar-refractivity contribution in [3.8, 4) is 10.8 Å². The molecule has 10 heteroatoms. The van der Waals surface area contributed by atoms with Gasteiger partial charge in [0.2, 0.25) is 5.89 Å². The summed E-state index contributed by atoms with van der Waals surface area (Å²) in [6.07, 6.45) is 2.90. The molecule has 0 saturated heterocycles. The number of Topliss-reactive ketones (excluding diaryl/α,β-unsaturated/α-hetero) is 1. The van der Waals surface area contributed by atoms with E-state index >= 15 is 0 Å². The summed E-state index contributed by atoms with van der Waals surface area (Å²) in [7, 11) is -3.49. The second-order valence-corrected chi connectivity index (χ2v) is 16.1. The summed E-state index contributed by atoms with van der Waals surface area (Å²) in [6.45, 7) is 8.70. The van der Waals surface area contributed by atoms with Gasteiger partial charge in [-0.25, -0.2) is 14.3 Å². The zero-order valence-electron chi connectivity index (χ0n) is 23.0. The molecule has 0 atom stereocenters. The summed E-state index contributed by atoms with van der Waals surface area (Å²) in [5.41, 5.74) is -2.10. The smallest absolute Gasteiger partial charge is 0.330 e. The Kier molecular flexibility index (Phi) is 6.89. The van der Waals surface area contributed by atoms with Crippen LogP contribution in [0.5, 0.6) is 0 Å². The number of aromatic nitrogens is 3. The number of aromatic amines is 1. The van der Waals surface area contributed by atoms with Crippen LogP contribution < -0.4 is 21.6 Å². The summed E-state index contributed by atoms with van der Waals surface area (Å²) in [5.74, 6) is 0.0247. The minimum absolute atomic E-state index is 0.0549. The van der Waals surface area contributed by atoms with Crippen molar-refractivity contribution in [1.29, 1.82) is 0 Å². The molecule has 0 aliphatic heterocycles. The van der Waals surface area contributed by atoms with Gasteiger partial charge in [-0.2, -0.15) is 0 Å². The van der Waals surface area contributed by atoms with Gasteiger partial charge in [-0.1, -0.05) is 74.5 Å². The molecule has 40 heavy (non-hydrogen) atoms. The van der Waals surface area contributed by atoms with E-state index in [2.05, 4.69) is 9.97 Å². The summed E-state index contributed by atoms with van der Waals surface area (Å²) in [5, 5.41) is 0.987. The van der Waals surface area contributed by atoms with Crippen LogP contribution in [0.2, 0.25) is 5.04 Å². The minimum Gasteiger partial charge on any atom is -0.444 e. The third-order valence-electron chi connectivity index (χ3n) is 7.82.